The van der Waals surface area contributed by atoms with Crippen molar-refractivity contribution in [1.29, 1.82) is 0 Å². The topological polar surface area (TPSA) is 44.1 Å². The Labute approximate surface area is 126 Å². The summed E-state index contributed by atoms with van der Waals surface area (Å²) in [6.45, 7) is 0. The monoisotopic (exact) mass is 296 g/mol. The van der Waals surface area contributed by atoms with E-state index in [0.717, 1.165) is 12.0 Å². The fraction of sp³-hybridized carbons (Fsp3) is 0.0588. The van der Waals surface area contributed by atoms with Crippen LogP contribution in [0.2, 0.25) is 0 Å². The minimum Gasteiger partial charge on any atom is -0.494 e. The third-order valence-electron chi connectivity index (χ3n) is 3.32. The van der Waals surface area contributed by atoms with Gasteiger partial charge in [-0.25, -0.2) is 9.07 Å². The Bertz CT molecular complexity index is 810. The molecule has 0 aliphatic heterocycles. The molecule has 4 nitrogen and oxygen atoms in total. The number of nitrogens with zero attached hydrogens (tertiary/aromatic N) is 2. The molecule has 0 saturated heterocycles. The van der Waals surface area contributed by atoms with Crippen molar-refractivity contribution < 1.29 is 13.9 Å². The maximum absolute atomic E-state index is 13.0. The Morgan fingerprint density at radius 1 is 1.14 bits per heavy atom. The van der Waals surface area contributed by atoms with Crippen LogP contribution < -0.4 is 4.74 Å². The van der Waals surface area contributed by atoms with E-state index < -0.39 is 0 Å². The molecule has 0 bridgehead atoms. The maximum Gasteiger partial charge on any atom is 0.153 e. The summed E-state index contributed by atoms with van der Waals surface area (Å²) < 4.78 is 19.9. The Balaban J connectivity index is 2.12. The maximum atomic E-state index is 13.0. The number of benzene rings is 2. The molecule has 0 unspecified atom stereocenters. The van der Waals surface area contributed by atoms with E-state index in [9.17, 15) is 9.18 Å². The second-order valence-electron chi connectivity index (χ2n) is 4.67. The zero-order valence-corrected chi connectivity index (χ0v) is 11.9. The predicted octanol–water partition coefficient (Wildman–Crippen LogP) is 3.50. The molecule has 0 saturated carbocycles. The van der Waals surface area contributed by atoms with Crippen molar-refractivity contribution in [2.45, 2.75) is 0 Å². The lowest BCUT2D eigenvalue weighted by Crippen LogP contribution is -1.98. The summed E-state index contributed by atoms with van der Waals surface area (Å²) in [7, 11) is 1.57. The van der Waals surface area contributed by atoms with Gasteiger partial charge in [0.2, 0.25) is 0 Å². The van der Waals surface area contributed by atoms with Crippen LogP contribution in [0, 0.1) is 5.82 Å². The number of aldehydes is 1. The summed E-state index contributed by atoms with van der Waals surface area (Å²) in [5.41, 5.74) is 2.33. The lowest BCUT2D eigenvalue weighted by atomic mass is 10.1. The molecule has 0 N–H and O–H groups in total. The Hall–Kier alpha value is -2.95. The molecule has 0 aliphatic carbocycles. The van der Waals surface area contributed by atoms with Gasteiger partial charge in [-0.3, -0.25) is 4.79 Å². The highest BCUT2D eigenvalue weighted by atomic mass is 19.1. The van der Waals surface area contributed by atoms with Crippen LogP contribution in [0.15, 0.2) is 54.7 Å². The van der Waals surface area contributed by atoms with Crippen LogP contribution in [0.25, 0.3) is 16.9 Å². The molecule has 2 aromatic carbocycles. The van der Waals surface area contributed by atoms with Gasteiger partial charge in [0.25, 0.3) is 0 Å². The summed E-state index contributed by atoms with van der Waals surface area (Å²) in [6, 6.07) is 13.2. The second-order valence-corrected chi connectivity index (χ2v) is 4.67. The van der Waals surface area contributed by atoms with Crippen molar-refractivity contribution in [2.75, 3.05) is 7.11 Å². The number of carbonyl (C=O) groups excluding carboxylic acids is 1. The van der Waals surface area contributed by atoms with Crippen LogP contribution >= 0.6 is 0 Å². The van der Waals surface area contributed by atoms with Gasteiger partial charge in [0.05, 0.1) is 12.7 Å². The summed E-state index contributed by atoms with van der Waals surface area (Å²) >= 11 is 0. The van der Waals surface area contributed by atoms with E-state index in [1.807, 2.05) is 24.3 Å². The highest BCUT2D eigenvalue weighted by molar-refractivity contribution is 5.85. The first-order chi connectivity index (χ1) is 10.7. The SMILES string of the molecule is COc1ccccc1-n1cc(C=O)c(-c2ccc(F)cc2)n1. The molecule has 0 amide bonds. The van der Waals surface area contributed by atoms with Crippen molar-refractivity contribution in [1.82, 2.24) is 9.78 Å². The van der Waals surface area contributed by atoms with E-state index >= 15 is 0 Å². The van der Waals surface area contributed by atoms with Crippen LogP contribution in [0.4, 0.5) is 4.39 Å². The Kier molecular flexibility index (Phi) is 3.70. The number of hydrogen-bond acceptors (Lipinski definition) is 3. The van der Waals surface area contributed by atoms with Crippen LogP contribution in [-0.4, -0.2) is 23.2 Å². The van der Waals surface area contributed by atoms with Crippen molar-refractivity contribution in [3.05, 3.63) is 66.1 Å². The molecule has 0 spiro atoms. The lowest BCUT2D eigenvalue weighted by molar-refractivity contribution is 0.112. The normalized spacial score (nSPS) is 10.5. The zero-order chi connectivity index (χ0) is 15.5. The van der Waals surface area contributed by atoms with Gasteiger partial charge in [-0.05, 0) is 36.4 Å². The fourth-order valence-electron chi connectivity index (χ4n) is 2.25. The first-order valence-electron chi connectivity index (χ1n) is 6.67. The molecule has 0 atom stereocenters. The average Bonchev–Trinajstić information content (AvgIpc) is 2.99. The molecular formula is C17H13FN2O2. The average molecular weight is 296 g/mol. The minimum atomic E-state index is -0.333. The molecule has 1 aromatic heterocycles. The molecule has 0 radical (unpaired) electrons. The van der Waals surface area contributed by atoms with Gasteiger partial charge < -0.3 is 4.74 Å². The molecule has 22 heavy (non-hydrogen) atoms. The second kappa shape index (κ2) is 5.81. The van der Waals surface area contributed by atoms with E-state index in [1.54, 1.807) is 30.1 Å². The van der Waals surface area contributed by atoms with E-state index in [4.69, 9.17) is 4.74 Å². The van der Waals surface area contributed by atoms with E-state index in [-0.39, 0.29) is 5.82 Å². The third-order valence-corrected chi connectivity index (χ3v) is 3.32. The number of halogens is 1. The van der Waals surface area contributed by atoms with Gasteiger partial charge in [0, 0.05) is 11.8 Å². The Morgan fingerprint density at radius 3 is 2.55 bits per heavy atom. The third kappa shape index (κ3) is 2.48. The number of para-hydroxylation sites is 2. The van der Waals surface area contributed by atoms with Crippen molar-refractivity contribution in [3.63, 3.8) is 0 Å². The molecule has 110 valence electrons. The molecule has 3 rings (SSSR count). The lowest BCUT2D eigenvalue weighted by Gasteiger charge is -2.07. The number of methoxy groups -OCH3 is 1. The van der Waals surface area contributed by atoms with Gasteiger partial charge in [-0.1, -0.05) is 12.1 Å². The quantitative estimate of drug-likeness (QED) is 0.692. The summed E-state index contributed by atoms with van der Waals surface area (Å²) in [5, 5.41) is 4.44. The molecular weight excluding hydrogens is 283 g/mol. The van der Waals surface area contributed by atoms with E-state index in [1.165, 1.54) is 12.1 Å². The summed E-state index contributed by atoms with van der Waals surface area (Å²) in [6.07, 6.45) is 2.36. The number of rotatable bonds is 4. The van der Waals surface area contributed by atoms with Crippen molar-refractivity contribution in [2.24, 2.45) is 0 Å². The minimum absolute atomic E-state index is 0.333. The number of ether oxygens (including phenoxy) is 1. The fourth-order valence-corrected chi connectivity index (χ4v) is 2.25. The molecule has 1 heterocycles. The molecule has 3 aromatic rings. The zero-order valence-electron chi connectivity index (χ0n) is 11.9. The molecule has 0 fully saturated rings. The van der Waals surface area contributed by atoms with Crippen molar-refractivity contribution in [3.8, 4) is 22.7 Å². The van der Waals surface area contributed by atoms with Crippen molar-refractivity contribution >= 4 is 6.29 Å². The molecule has 0 aliphatic rings. The van der Waals surface area contributed by atoms with Gasteiger partial charge in [-0.15, -0.1) is 0 Å². The number of hydrogen-bond donors (Lipinski definition) is 0. The van der Waals surface area contributed by atoms with Gasteiger partial charge >= 0.3 is 0 Å². The largest absolute Gasteiger partial charge is 0.494 e. The first-order valence-corrected chi connectivity index (χ1v) is 6.67. The van der Waals surface area contributed by atoms with Crippen LogP contribution in [0.3, 0.4) is 0 Å². The number of carbonyl (C=O) groups is 1. The Morgan fingerprint density at radius 2 is 1.86 bits per heavy atom. The van der Waals surface area contributed by atoms with Gasteiger partial charge in [-0.2, -0.15) is 5.10 Å². The van der Waals surface area contributed by atoms with Crippen LogP contribution in [0.1, 0.15) is 10.4 Å². The van der Waals surface area contributed by atoms with E-state index in [2.05, 4.69) is 5.10 Å². The highest BCUT2D eigenvalue weighted by Crippen LogP contribution is 2.26. The molecule has 5 heteroatoms. The van der Waals surface area contributed by atoms with Gasteiger partial charge in [0.15, 0.2) is 6.29 Å². The smallest absolute Gasteiger partial charge is 0.153 e. The first kappa shape index (κ1) is 14.0. The van der Waals surface area contributed by atoms with Crippen LogP contribution in [-0.2, 0) is 0 Å². The standard InChI is InChI=1S/C17H13FN2O2/c1-22-16-5-3-2-4-15(16)20-10-13(11-21)17(19-20)12-6-8-14(18)9-7-12/h2-11H,1H3. The summed E-state index contributed by atoms with van der Waals surface area (Å²) in [4.78, 5) is 11.3. The number of aromatic nitrogens is 2. The predicted molar refractivity (Wildman–Crippen MR) is 80.9 cm³/mol. The highest BCUT2D eigenvalue weighted by Gasteiger charge is 2.13. The van der Waals surface area contributed by atoms with E-state index in [0.29, 0.717) is 22.6 Å². The van der Waals surface area contributed by atoms with Gasteiger partial charge in [0.1, 0.15) is 22.9 Å². The summed E-state index contributed by atoms with van der Waals surface area (Å²) in [5.74, 6) is 0.314. The van der Waals surface area contributed by atoms with Crippen LogP contribution in [0.5, 0.6) is 5.75 Å².